The van der Waals surface area contributed by atoms with Gasteiger partial charge in [-0.2, -0.15) is 13.1 Å². The van der Waals surface area contributed by atoms with Gasteiger partial charge in [0.05, 0.1) is 17.3 Å². The Labute approximate surface area is 127 Å². The highest BCUT2D eigenvalue weighted by Gasteiger charge is 2.22. The zero-order chi connectivity index (χ0) is 14.9. The van der Waals surface area contributed by atoms with Crippen LogP contribution in [0.1, 0.15) is 25.7 Å². The van der Waals surface area contributed by atoms with Gasteiger partial charge >= 0.3 is 10.2 Å². The molecule has 21 heavy (non-hydrogen) atoms. The predicted octanol–water partition coefficient (Wildman–Crippen LogP) is 2.49. The summed E-state index contributed by atoms with van der Waals surface area (Å²) in [4.78, 5) is 4.28. The fraction of sp³-hybridized carbons (Fsp3) is 0.462. The molecule has 6 nitrogen and oxygen atoms in total. The van der Waals surface area contributed by atoms with E-state index < -0.39 is 10.2 Å². The van der Waals surface area contributed by atoms with E-state index in [0.717, 1.165) is 41.6 Å². The Bertz CT molecular complexity index is 736. The predicted molar refractivity (Wildman–Crippen MR) is 84.1 cm³/mol. The largest absolute Gasteiger partial charge is 0.497 e. The summed E-state index contributed by atoms with van der Waals surface area (Å²) in [5.74, 6) is 0.727. The number of ether oxygens (including phenoxy) is 1. The second kappa shape index (κ2) is 5.78. The molecule has 0 unspecified atom stereocenters. The molecular weight excluding hydrogens is 310 g/mol. The number of rotatable bonds is 5. The Balaban J connectivity index is 1.77. The minimum Gasteiger partial charge on any atom is -0.497 e. The van der Waals surface area contributed by atoms with E-state index in [0.29, 0.717) is 5.13 Å². The zero-order valence-electron chi connectivity index (χ0n) is 11.6. The summed E-state index contributed by atoms with van der Waals surface area (Å²) in [6.07, 6.45) is 3.96. The minimum absolute atomic E-state index is 0.0389. The van der Waals surface area contributed by atoms with Crippen molar-refractivity contribution < 1.29 is 13.2 Å². The summed E-state index contributed by atoms with van der Waals surface area (Å²) in [5.41, 5.74) is 0.749. The maximum Gasteiger partial charge on any atom is 0.301 e. The van der Waals surface area contributed by atoms with Gasteiger partial charge in [-0.15, -0.1) is 0 Å². The Kier molecular flexibility index (Phi) is 4.01. The number of benzene rings is 1. The van der Waals surface area contributed by atoms with Crippen LogP contribution in [0, 0.1) is 0 Å². The van der Waals surface area contributed by atoms with Crippen molar-refractivity contribution >= 4 is 36.9 Å². The molecule has 1 aliphatic carbocycles. The topological polar surface area (TPSA) is 80.3 Å². The van der Waals surface area contributed by atoms with Crippen molar-refractivity contribution in [3.8, 4) is 5.75 Å². The molecule has 8 heteroatoms. The lowest BCUT2D eigenvalue weighted by Gasteiger charge is -2.12. The van der Waals surface area contributed by atoms with Gasteiger partial charge in [0.2, 0.25) is 0 Å². The molecule has 114 valence electrons. The average Bonchev–Trinajstić information content (AvgIpc) is 3.05. The Morgan fingerprint density at radius 1 is 1.33 bits per heavy atom. The maximum atomic E-state index is 12.1. The number of thiazole rings is 1. The number of aromatic nitrogens is 1. The van der Waals surface area contributed by atoms with Gasteiger partial charge in [-0.05, 0) is 31.0 Å². The molecule has 0 atom stereocenters. The van der Waals surface area contributed by atoms with Gasteiger partial charge in [-0.3, -0.25) is 0 Å². The van der Waals surface area contributed by atoms with Crippen molar-refractivity contribution in [3.05, 3.63) is 18.2 Å². The van der Waals surface area contributed by atoms with E-state index in [2.05, 4.69) is 14.4 Å². The van der Waals surface area contributed by atoms with Crippen LogP contribution in [0.4, 0.5) is 5.13 Å². The van der Waals surface area contributed by atoms with Crippen LogP contribution in [0.5, 0.6) is 5.75 Å². The van der Waals surface area contributed by atoms with Crippen LogP contribution in [-0.2, 0) is 10.2 Å². The van der Waals surface area contributed by atoms with Gasteiger partial charge in [0, 0.05) is 6.04 Å². The molecule has 0 spiro atoms. The molecule has 0 radical (unpaired) electrons. The first-order valence-corrected chi connectivity index (χ1v) is 9.10. The van der Waals surface area contributed by atoms with Crippen LogP contribution in [0.3, 0.4) is 0 Å². The molecule has 1 aliphatic rings. The molecule has 1 aromatic carbocycles. The van der Waals surface area contributed by atoms with E-state index in [1.54, 1.807) is 13.2 Å². The Hall–Kier alpha value is -1.38. The number of methoxy groups -OCH3 is 1. The summed E-state index contributed by atoms with van der Waals surface area (Å²) in [7, 11) is -1.97. The molecule has 1 aromatic heterocycles. The number of nitrogens with one attached hydrogen (secondary N) is 2. The Morgan fingerprint density at radius 3 is 2.81 bits per heavy atom. The van der Waals surface area contributed by atoms with Crippen LogP contribution in [0.2, 0.25) is 0 Å². The van der Waals surface area contributed by atoms with Crippen molar-refractivity contribution in [2.24, 2.45) is 0 Å². The van der Waals surface area contributed by atoms with Gasteiger partial charge in [0.15, 0.2) is 5.13 Å². The molecule has 0 amide bonds. The fourth-order valence-electron chi connectivity index (χ4n) is 2.48. The van der Waals surface area contributed by atoms with E-state index in [9.17, 15) is 8.42 Å². The van der Waals surface area contributed by atoms with E-state index in [4.69, 9.17) is 4.74 Å². The molecule has 1 fully saturated rings. The van der Waals surface area contributed by atoms with Crippen molar-refractivity contribution in [2.45, 2.75) is 31.7 Å². The number of nitrogens with zero attached hydrogens (tertiary/aromatic N) is 1. The maximum absolute atomic E-state index is 12.1. The lowest BCUT2D eigenvalue weighted by atomic mass is 10.3. The van der Waals surface area contributed by atoms with Crippen LogP contribution in [0.15, 0.2) is 18.2 Å². The second-order valence-electron chi connectivity index (χ2n) is 5.06. The number of fused-ring (bicyclic) bond motifs is 1. The summed E-state index contributed by atoms with van der Waals surface area (Å²) in [6.45, 7) is 0. The first-order valence-electron chi connectivity index (χ1n) is 6.80. The summed E-state index contributed by atoms with van der Waals surface area (Å²) < 4.78 is 35.4. The first kappa shape index (κ1) is 14.6. The lowest BCUT2D eigenvalue weighted by Crippen LogP contribution is -2.36. The number of hydrogen-bond acceptors (Lipinski definition) is 5. The quantitative estimate of drug-likeness (QED) is 0.884. The summed E-state index contributed by atoms with van der Waals surface area (Å²) in [5, 5.41) is 0.365. The van der Waals surface area contributed by atoms with Crippen molar-refractivity contribution in [1.29, 1.82) is 0 Å². The molecule has 0 bridgehead atoms. The van der Waals surface area contributed by atoms with E-state index >= 15 is 0 Å². The van der Waals surface area contributed by atoms with E-state index in [-0.39, 0.29) is 6.04 Å². The SMILES string of the molecule is COc1ccc2nc(NS(=O)(=O)NC3CCCC3)sc2c1. The lowest BCUT2D eigenvalue weighted by molar-refractivity contribution is 0.415. The fourth-order valence-corrected chi connectivity index (χ4v) is 4.73. The van der Waals surface area contributed by atoms with Crippen molar-refractivity contribution in [2.75, 3.05) is 11.8 Å². The monoisotopic (exact) mass is 327 g/mol. The first-order chi connectivity index (χ1) is 10.1. The normalized spacial score (nSPS) is 16.4. The van der Waals surface area contributed by atoms with Gasteiger partial charge < -0.3 is 4.74 Å². The molecule has 2 N–H and O–H groups in total. The standard InChI is InChI=1S/C13H17N3O3S2/c1-19-10-6-7-11-12(8-10)20-13(14-11)16-21(17,18)15-9-4-2-3-5-9/h6-9,15H,2-5H2,1H3,(H,14,16). The molecule has 0 saturated heterocycles. The molecule has 3 rings (SSSR count). The smallest absolute Gasteiger partial charge is 0.301 e. The minimum atomic E-state index is -3.56. The Morgan fingerprint density at radius 2 is 2.10 bits per heavy atom. The van der Waals surface area contributed by atoms with Gasteiger partial charge in [0.1, 0.15) is 5.75 Å². The summed E-state index contributed by atoms with van der Waals surface area (Å²) in [6, 6.07) is 5.50. The third-order valence-electron chi connectivity index (χ3n) is 3.49. The van der Waals surface area contributed by atoms with Gasteiger partial charge in [0.25, 0.3) is 0 Å². The van der Waals surface area contributed by atoms with Crippen LogP contribution in [0.25, 0.3) is 10.2 Å². The highest BCUT2D eigenvalue weighted by molar-refractivity contribution is 7.91. The van der Waals surface area contributed by atoms with Crippen LogP contribution < -0.4 is 14.2 Å². The van der Waals surface area contributed by atoms with Gasteiger partial charge in [-0.1, -0.05) is 24.2 Å². The second-order valence-corrected chi connectivity index (χ2v) is 7.53. The zero-order valence-corrected chi connectivity index (χ0v) is 13.3. The molecule has 1 heterocycles. The highest BCUT2D eigenvalue weighted by Crippen LogP contribution is 2.29. The molecule has 2 aromatic rings. The van der Waals surface area contributed by atoms with Crippen molar-refractivity contribution in [3.63, 3.8) is 0 Å². The number of anilines is 1. The van der Waals surface area contributed by atoms with Crippen LogP contribution >= 0.6 is 11.3 Å². The van der Waals surface area contributed by atoms with Crippen molar-refractivity contribution in [1.82, 2.24) is 9.71 Å². The average molecular weight is 327 g/mol. The number of hydrogen-bond donors (Lipinski definition) is 2. The third kappa shape index (κ3) is 3.45. The van der Waals surface area contributed by atoms with Crippen LogP contribution in [-0.4, -0.2) is 26.6 Å². The van der Waals surface area contributed by atoms with E-state index in [1.165, 1.54) is 11.3 Å². The molecule has 1 saturated carbocycles. The van der Waals surface area contributed by atoms with E-state index in [1.807, 2.05) is 12.1 Å². The summed E-state index contributed by atoms with van der Waals surface area (Å²) >= 11 is 1.29. The van der Waals surface area contributed by atoms with Gasteiger partial charge in [-0.25, -0.2) is 9.71 Å². The molecular formula is C13H17N3O3S2. The highest BCUT2D eigenvalue weighted by atomic mass is 32.2. The third-order valence-corrected chi connectivity index (χ3v) is 5.66. The molecule has 0 aliphatic heterocycles.